The number of nitrogens with zero attached hydrogens (tertiary/aromatic N) is 1. The topological polar surface area (TPSA) is 64.1 Å². The molecule has 28 heavy (non-hydrogen) atoms. The van der Waals surface area contributed by atoms with Gasteiger partial charge in [-0.3, -0.25) is 14.3 Å². The Morgan fingerprint density at radius 3 is 2.36 bits per heavy atom. The average molecular weight is 397 g/mol. The van der Waals surface area contributed by atoms with Gasteiger partial charge in [-0.25, -0.2) is 4.79 Å². The van der Waals surface area contributed by atoms with E-state index in [1.54, 1.807) is 6.92 Å². The van der Waals surface area contributed by atoms with E-state index in [0.29, 0.717) is 17.2 Å². The average Bonchev–Trinajstić information content (AvgIpc) is 2.65. The molecule has 0 aliphatic rings. The number of ether oxygens (including phenoxy) is 1. The van der Waals surface area contributed by atoms with E-state index in [0.717, 1.165) is 22.4 Å². The third-order valence-corrected chi connectivity index (χ3v) is 5.57. The summed E-state index contributed by atoms with van der Waals surface area (Å²) < 4.78 is 7.24. The van der Waals surface area contributed by atoms with E-state index < -0.39 is 5.69 Å². The van der Waals surface area contributed by atoms with Gasteiger partial charge in [0.05, 0.1) is 11.6 Å². The molecular formula is C22H24N2O3S. The van der Waals surface area contributed by atoms with Gasteiger partial charge in [0.15, 0.2) is 0 Å². The van der Waals surface area contributed by atoms with Crippen molar-refractivity contribution in [2.75, 3.05) is 6.61 Å². The van der Waals surface area contributed by atoms with E-state index in [4.69, 9.17) is 4.74 Å². The predicted molar refractivity (Wildman–Crippen MR) is 112 cm³/mol. The first kappa shape index (κ1) is 20.2. The molecule has 1 aromatic heterocycles. The highest BCUT2D eigenvalue weighted by Crippen LogP contribution is 2.29. The van der Waals surface area contributed by atoms with Gasteiger partial charge in [-0.1, -0.05) is 48.2 Å². The third-order valence-electron chi connectivity index (χ3n) is 4.38. The van der Waals surface area contributed by atoms with Crippen LogP contribution in [0.25, 0.3) is 0 Å². The summed E-state index contributed by atoms with van der Waals surface area (Å²) in [6.45, 7) is 6.37. The molecule has 5 nitrogen and oxygen atoms in total. The molecule has 3 aromatic rings. The molecule has 0 amide bonds. The van der Waals surface area contributed by atoms with Crippen LogP contribution in [0.3, 0.4) is 0 Å². The summed E-state index contributed by atoms with van der Waals surface area (Å²) in [5, 5.41) is 0.610. The van der Waals surface area contributed by atoms with Gasteiger partial charge in [0, 0.05) is 10.5 Å². The van der Waals surface area contributed by atoms with Crippen LogP contribution >= 0.6 is 11.8 Å². The molecule has 1 N–H and O–H groups in total. The number of aromatic nitrogens is 2. The zero-order chi connectivity index (χ0) is 20.1. The minimum absolute atomic E-state index is 0.0937. The predicted octanol–water partition coefficient (Wildman–Crippen LogP) is 3.83. The van der Waals surface area contributed by atoms with Gasteiger partial charge in [0.25, 0.3) is 5.56 Å². The first-order valence-electron chi connectivity index (χ1n) is 9.15. The lowest BCUT2D eigenvalue weighted by Gasteiger charge is -2.15. The van der Waals surface area contributed by atoms with Crippen molar-refractivity contribution in [3.63, 3.8) is 0 Å². The molecule has 146 valence electrons. The highest BCUT2D eigenvalue weighted by molar-refractivity contribution is 7.99. The Balaban J connectivity index is 1.81. The van der Waals surface area contributed by atoms with Gasteiger partial charge < -0.3 is 4.74 Å². The van der Waals surface area contributed by atoms with Crippen LogP contribution in [-0.2, 0) is 17.9 Å². The Morgan fingerprint density at radius 2 is 1.68 bits per heavy atom. The molecule has 0 spiro atoms. The molecule has 0 saturated heterocycles. The Hall–Kier alpha value is -2.57. The van der Waals surface area contributed by atoms with Crippen molar-refractivity contribution in [1.82, 2.24) is 9.55 Å². The van der Waals surface area contributed by atoms with Gasteiger partial charge in [-0.15, -0.1) is 0 Å². The van der Waals surface area contributed by atoms with E-state index >= 15 is 0 Å². The molecule has 3 rings (SSSR count). The second-order valence-electron chi connectivity index (χ2n) is 6.82. The van der Waals surface area contributed by atoms with Crippen LogP contribution in [0.15, 0.2) is 68.0 Å². The van der Waals surface area contributed by atoms with Crippen LogP contribution in [0.4, 0.5) is 0 Å². The first-order chi connectivity index (χ1) is 13.4. The fourth-order valence-electron chi connectivity index (χ4n) is 2.99. The Morgan fingerprint density at radius 1 is 1.00 bits per heavy atom. The van der Waals surface area contributed by atoms with Crippen molar-refractivity contribution in [3.8, 4) is 0 Å². The highest BCUT2D eigenvalue weighted by Gasteiger charge is 2.14. The van der Waals surface area contributed by atoms with Crippen molar-refractivity contribution in [1.29, 1.82) is 0 Å². The molecule has 0 aliphatic heterocycles. The molecule has 0 radical (unpaired) electrons. The van der Waals surface area contributed by atoms with Crippen molar-refractivity contribution < 1.29 is 4.74 Å². The van der Waals surface area contributed by atoms with Gasteiger partial charge in [-0.05, 0) is 56.0 Å². The largest absolute Gasteiger partial charge is 0.360 e. The minimum atomic E-state index is -0.456. The van der Waals surface area contributed by atoms with Crippen molar-refractivity contribution in [2.45, 2.75) is 43.8 Å². The van der Waals surface area contributed by atoms with Gasteiger partial charge in [0.2, 0.25) is 0 Å². The lowest BCUT2D eigenvalue weighted by Crippen LogP contribution is -2.33. The number of rotatable bonds is 7. The van der Waals surface area contributed by atoms with E-state index in [1.807, 2.05) is 56.3 Å². The van der Waals surface area contributed by atoms with E-state index in [1.165, 1.54) is 21.9 Å². The summed E-state index contributed by atoms with van der Waals surface area (Å²) in [4.78, 5) is 27.9. The molecule has 2 aromatic carbocycles. The van der Waals surface area contributed by atoms with Crippen molar-refractivity contribution >= 4 is 11.8 Å². The monoisotopic (exact) mass is 396 g/mol. The lowest BCUT2D eigenvalue weighted by molar-refractivity contribution is 0.0700. The molecule has 6 heteroatoms. The molecule has 0 fully saturated rings. The highest BCUT2D eigenvalue weighted by atomic mass is 32.2. The quantitative estimate of drug-likeness (QED) is 0.487. The van der Waals surface area contributed by atoms with Crippen molar-refractivity contribution in [2.24, 2.45) is 0 Å². The van der Waals surface area contributed by atoms with Gasteiger partial charge >= 0.3 is 5.69 Å². The maximum absolute atomic E-state index is 12.4. The number of hydrogen-bond acceptors (Lipinski definition) is 4. The minimum Gasteiger partial charge on any atom is -0.360 e. The van der Waals surface area contributed by atoms with E-state index in [9.17, 15) is 9.59 Å². The summed E-state index contributed by atoms with van der Waals surface area (Å²) in [6, 6.07) is 16.2. The van der Waals surface area contributed by atoms with Crippen LogP contribution in [0.5, 0.6) is 0 Å². The third kappa shape index (κ3) is 5.03. The summed E-state index contributed by atoms with van der Waals surface area (Å²) in [5.74, 6) is 0. The molecule has 0 saturated carbocycles. The van der Waals surface area contributed by atoms with Crippen LogP contribution in [-0.4, -0.2) is 16.2 Å². The second-order valence-corrected chi connectivity index (χ2v) is 7.88. The Bertz CT molecular complexity index is 1050. The SMILES string of the molecule is Cc1cc(C)cc(Sc2c(C)c(=O)[nH]c(=O)n2COCCc2ccccc2)c1. The molecule has 0 bridgehead atoms. The fourth-order valence-corrected chi connectivity index (χ4v) is 4.20. The van der Waals surface area contributed by atoms with Gasteiger partial charge in [-0.2, -0.15) is 0 Å². The number of nitrogens with one attached hydrogen (secondary N) is 1. The van der Waals surface area contributed by atoms with E-state index in [2.05, 4.69) is 11.1 Å². The standard InChI is InChI=1S/C22H24N2O3S/c1-15-11-16(2)13-19(12-15)28-21-17(3)20(25)23-22(26)24(21)14-27-10-9-18-7-5-4-6-8-18/h4-8,11-13H,9-10,14H2,1-3H3,(H,23,25,26). The summed E-state index contributed by atoms with van der Waals surface area (Å²) in [5.41, 5.74) is 3.14. The number of H-pyrrole nitrogens is 1. The normalized spacial score (nSPS) is 11.0. The molecule has 0 atom stereocenters. The Kier molecular flexibility index (Phi) is 6.54. The maximum atomic E-state index is 12.4. The Labute approximate surface area is 168 Å². The lowest BCUT2D eigenvalue weighted by atomic mass is 10.2. The molecule has 1 heterocycles. The number of aromatic amines is 1. The summed E-state index contributed by atoms with van der Waals surface area (Å²) >= 11 is 1.41. The fraction of sp³-hybridized carbons (Fsp3) is 0.273. The van der Waals surface area contributed by atoms with Crippen molar-refractivity contribution in [3.05, 3.63) is 91.6 Å². The van der Waals surface area contributed by atoms with Crippen LogP contribution in [0.1, 0.15) is 22.3 Å². The number of aryl methyl sites for hydroxylation is 2. The van der Waals surface area contributed by atoms with E-state index in [-0.39, 0.29) is 12.3 Å². The zero-order valence-electron chi connectivity index (χ0n) is 16.3. The molecular weight excluding hydrogens is 372 g/mol. The second kappa shape index (κ2) is 9.08. The summed E-state index contributed by atoms with van der Waals surface area (Å²) in [7, 11) is 0. The molecule has 0 aliphatic carbocycles. The van der Waals surface area contributed by atoms with Crippen LogP contribution in [0.2, 0.25) is 0 Å². The number of benzene rings is 2. The smallest absolute Gasteiger partial charge is 0.331 e. The maximum Gasteiger partial charge on any atom is 0.331 e. The number of hydrogen-bond donors (Lipinski definition) is 1. The summed E-state index contributed by atoms with van der Waals surface area (Å²) in [6.07, 6.45) is 0.761. The first-order valence-corrected chi connectivity index (χ1v) is 9.97. The van der Waals surface area contributed by atoms with Crippen LogP contribution in [0, 0.1) is 20.8 Å². The van der Waals surface area contributed by atoms with Gasteiger partial charge in [0.1, 0.15) is 6.73 Å². The van der Waals surface area contributed by atoms with Crippen LogP contribution < -0.4 is 11.2 Å². The molecule has 0 unspecified atom stereocenters. The zero-order valence-corrected chi connectivity index (χ0v) is 17.1.